The zero-order valence-corrected chi connectivity index (χ0v) is 16.8. The molecule has 3 aromatic rings. The maximum Gasteiger partial charge on any atom is 0.270 e. The molecule has 1 aliphatic heterocycles. The van der Waals surface area contributed by atoms with Gasteiger partial charge < -0.3 is 4.42 Å². The summed E-state index contributed by atoms with van der Waals surface area (Å²) in [5.74, 6) is -0.815. The van der Waals surface area contributed by atoms with Gasteiger partial charge in [-0.1, -0.05) is 31.2 Å². The number of amides is 2. The largest absolute Gasteiger partial charge is 0.457 e. The molecule has 0 spiro atoms. The van der Waals surface area contributed by atoms with E-state index in [4.69, 9.17) is 16.6 Å². The summed E-state index contributed by atoms with van der Waals surface area (Å²) in [4.78, 5) is 26.7. The summed E-state index contributed by atoms with van der Waals surface area (Å²) in [5.41, 5.74) is 2.13. The van der Waals surface area contributed by atoms with Crippen molar-refractivity contribution in [3.63, 3.8) is 0 Å². The molecule has 1 saturated heterocycles. The van der Waals surface area contributed by atoms with Gasteiger partial charge in [-0.2, -0.15) is 0 Å². The summed E-state index contributed by atoms with van der Waals surface area (Å²) in [5, 5.41) is 2.56. The molecule has 0 radical (unpaired) electrons. The molecule has 2 amide bonds. The molecule has 0 atom stereocenters. The normalized spacial score (nSPS) is 15.6. The first-order valence-electron chi connectivity index (χ1n) is 9.32. The number of hydrogen-bond acceptors (Lipinski definition) is 4. The lowest BCUT2D eigenvalue weighted by atomic mass is 10.1. The molecule has 1 aromatic heterocycles. The van der Waals surface area contributed by atoms with Gasteiger partial charge in [-0.05, 0) is 66.7 Å². The third-order valence-corrected chi connectivity index (χ3v) is 5.01. The van der Waals surface area contributed by atoms with Crippen molar-refractivity contribution in [1.29, 1.82) is 0 Å². The average molecular weight is 420 g/mol. The van der Waals surface area contributed by atoms with Gasteiger partial charge in [0.15, 0.2) is 5.11 Å². The van der Waals surface area contributed by atoms with E-state index in [0.29, 0.717) is 22.8 Å². The Kier molecular flexibility index (Phi) is 5.29. The maximum atomic E-state index is 13.5. The van der Waals surface area contributed by atoms with Gasteiger partial charge in [0, 0.05) is 5.56 Å². The molecular formula is C23H17FN2O3S. The van der Waals surface area contributed by atoms with Gasteiger partial charge >= 0.3 is 0 Å². The number of benzene rings is 2. The summed E-state index contributed by atoms with van der Waals surface area (Å²) >= 11 is 5.21. The number of anilines is 1. The number of hydrogen-bond donors (Lipinski definition) is 1. The van der Waals surface area contributed by atoms with E-state index < -0.39 is 11.8 Å². The smallest absolute Gasteiger partial charge is 0.270 e. The van der Waals surface area contributed by atoms with Gasteiger partial charge in [0.25, 0.3) is 11.8 Å². The van der Waals surface area contributed by atoms with E-state index in [2.05, 4.69) is 5.32 Å². The van der Waals surface area contributed by atoms with E-state index in [9.17, 15) is 14.0 Å². The highest BCUT2D eigenvalue weighted by atomic mass is 32.1. The first-order chi connectivity index (χ1) is 14.5. The monoisotopic (exact) mass is 420 g/mol. The lowest BCUT2D eigenvalue weighted by molar-refractivity contribution is -0.122. The quantitative estimate of drug-likeness (QED) is 0.384. The molecule has 150 valence electrons. The number of rotatable bonds is 4. The highest BCUT2D eigenvalue weighted by molar-refractivity contribution is 7.80. The van der Waals surface area contributed by atoms with Gasteiger partial charge in [-0.3, -0.25) is 19.8 Å². The first kappa shape index (κ1) is 19.7. The van der Waals surface area contributed by atoms with Gasteiger partial charge in [0.05, 0.1) is 5.69 Å². The lowest BCUT2D eigenvalue weighted by Gasteiger charge is -2.28. The number of thiocarbonyl (C=S) groups is 1. The van der Waals surface area contributed by atoms with Crippen molar-refractivity contribution < 1.29 is 18.4 Å². The molecule has 0 unspecified atom stereocenters. The van der Waals surface area contributed by atoms with E-state index >= 15 is 0 Å². The number of carbonyl (C=O) groups excluding carboxylic acids is 2. The van der Waals surface area contributed by atoms with Gasteiger partial charge in [-0.25, -0.2) is 4.39 Å². The minimum absolute atomic E-state index is 0.0197. The second kappa shape index (κ2) is 8.04. The topological polar surface area (TPSA) is 62.6 Å². The van der Waals surface area contributed by atoms with Crippen LogP contribution in [-0.2, 0) is 16.0 Å². The summed E-state index contributed by atoms with van der Waals surface area (Å²) in [6.07, 6.45) is 2.22. The molecule has 0 saturated carbocycles. The van der Waals surface area contributed by atoms with Crippen LogP contribution in [0.3, 0.4) is 0 Å². The number of carbonyl (C=O) groups is 2. The van der Waals surface area contributed by atoms with Crippen LogP contribution >= 0.6 is 12.2 Å². The second-order valence-electron chi connectivity index (χ2n) is 6.69. The zero-order valence-electron chi connectivity index (χ0n) is 16.0. The summed E-state index contributed by atoms with van der Waals surface area (Å²) < 4.78 is 19.2. The van der Waals surface area contributed by atoms with Crippen LogP contribution in [0.25, 0.3) is 17.4 Å². The zero-order chi connectivity index (χ0) is 21.3. The molecule has 1 fully saturated rings. The molecule has 4 rings (SSSR count). The maximum absolute atomic E-state index is 13.5. The molecular weight excluding hydrogens is 403 g/mol. The van der Waals surface area contributed by atoms with Crippen LogP contribution in [0.2, 0.25) is 0 Å². The molecule has 1 aliphatic rings. The van der Waals surface area contributed by atoms with Crippen molar-refractivity contribution in [2.24, 2.45) is 0 Å². The van der Waals surface area contributed by atoms with E-state index in [1.165, 1.54) is 23.1 Å². The first-order valence-corrected chi connectivity index (χ1v) is 9.73. The van der Waals surface area contributed by atoms with Crippen molar-refractivity contribution in [3.8, 4) is 11.3 Å². The Morgan fingerprint density at radius 1 is 1.10 bits per heavy atom. The minimum Gasteiger partial charge on any atom is -0.457 e. The standard InChI is InChI=1S/C23H17FN2O3S/c1-2-14-6-8-17(9-7-14)26-22(28)19(21(27)25-23(26)30)13-18-10-11-20(29-18)15-4-3-5-16(24)12-15/h3-13H,2H2,1H3,(H,25,27,30)/b19-13+. The van der Waals surface area contributed by atoms with Gasteiger partial charge in [0.1, 0.15) is 22.9 Å². The van der Waals surface area contributed by atoms with Crippen molar-refractivity contribution in [2.75, 3.05) is 4.90 Å². The van der Waals surface area contributed by atoms with Crippen LogP contribution in [0.4, 0.5) is 10.1 Å². The molecule has 7 heteroatoms. The summed E-state index contributed by atoms with van der Waals surface area (Å²) in [7, 11) is 0. The van der Waals surface area contributed by atoms with Crippen LogP contribution in [0, 0.1) is 5.82 Å². The highest BCUT2D eigenvalue weighted by Crippen LogP contribution is 2.26. The van der Waals surface area contributed by atoms with Crippen LogP contribution in [0.1, 0.15) is 18.2 Å². The molecule has 2 heterocycles. The number of nitrogens with zero attached hydrogens (tertiary/aromatic N) is 1. The van der Waals surface area contributed by atoms with Crippen molar-refractivity contribution in [1.82, 2.24) is 5.32 Å². The van der Waals surface area contributed by atoms with E-state index in [1.54, 1.807) is 36.4 Å². The second-order valence-corrected chi connectivity index (χ2v) is 7.08. The van der Waals surface area contributed by atoms with Crippen molar-refractivity contribution >= 4 is 40.9 Å². The number of furan rings is 1. The van der Waals surface area contributed by atoms with E-state index in [0.717, 1.165) is 12.0 Å². The third kappa shape index (κ3) is 3.79. The fourth-order valence-electron chi connectivity index (χ4n) is 3.14. The Morgan fingerprint density at radius 2 is 1.87 bits per heavy atom. The van der Waals surface area contributed by atoms with Crippen LogP contribution in [0.15, 0.2) is 70.7 Å². The van der Waals surface area contributed by atoms with Crippen LogP contribution in [-0.4, -0.2) is 16.9 Å². The van der Waals surface area contributed by atoms with Gasteiger partial charge in [0.2, 0.25) is 0 Å². The fraction of sp³-hybridized carbons (Fsp3) is 0.0870. The number of halogens is 1. The molecule has 1 N–H and O–H groups in total. The Morgan fingerprint density at radius 3 is 2.57 bits per heavy atom. The predicted molar refractivity (Wildman–Crippen MR) is 116 cm³/mol. The molecule has 0 bridgehead atoms. The Balaban J connectivity index is 1.66. The van der Waals surface area contributed by atoms with Crippen LogP contribution < -0.4 is 10.2 Å². The molecule has 2 aromatic carbocycles. The highest BCUT2D eigenvalue weighted by Gasteiger charge is 2.34. The molecule has 30 heavy (non-hydrogen) atoms. The molecule has 5 nitrogen and oxygen atoms in total. The Bertz CT molecular complexity index is 1180. The average Bonchev–Trinajstić information content (AvgIpc) is 3.20. The third-order valence-electron chi connectivity index (χ3n) is 4.73. The lowest BCUT2D eigenvalue weighted by Crippen LogP contribution is -2.54. The van der Waals surface area contributed by atoms with Crippen molar-refractivity contribution in [2.45, 2.75) is 13.3 Å². The molecule has 0 aliphatic carbocycles. The fourth-order valence-corrected chi connectivity index (χ4v) is 3.42. The van der Waals surface area contributed by atoms with Gasteiger partial charge in [-0.15, -0.1) is 0 Å². The Labute approximate surface area is 177 Å². The Hall–Kier alpha value is -3.58. The van der Waals surface area contributed by atoms with E-state index in [-0.39, 0.29) is 16.5 Å². The minimum atomic E-state index is -0.602. The van der Waals surface area contributed by atoms with Crippen LogP contribution in [0.5, 0.6) is 0 Å². The SMILES string of the molecule is CCc1ccc(N2C(=O)/C(=C/c3ccc(-c4cccc(F)c4)o3)C(=O)NC2=S)cc1. The number of aryl methyl sites for hydroxylation is 1. The van der Waals surface area contributed by atoms with Crippen molar-refractivity contribution in [3.05, 3.63) is 83.4 Å². The summed E-state index contributed by atoms with van der Waals surface area (Å²) in [6.45, 7) is 2.04. The number of nitrogens with one attached hydrogen (secondary N) is 1. The summed E-state index contributed by atoms with van der Waals surface area (Å²) in [6, 6.07) is 16.6. The van der Waals surface area contributed by atoms with E-state index in [1.807, 2.05) is 19.1 Å². The predicted octanol–water partition coefficient (Wildman–Crippen LogP) is 4.48.